The van der Waals surface area contributed by atoms with Crippen LogP contribution in [-0.4, -0.2) is 45.5 Å². The van der Waals surface area contributed by atoms with Crippen LogP contribution in [0.4, 0.5) is 0 Å². The quantitative estimate of drug-likeness (QED) is 0.750. The number of sulfonamides is 1. The summed E-state index contributed by atoms with van der Waals surface area (Å²) in [6.07, 6.45) is 4.18. The van der Waals surface area contributed by atoms with Crippen LogP contribution in [0.3, 0.4) is 0 Å². The number of carbonyl (C=O) groups is 1. The molecule has 0 fully saturated rings. The number of carbonyl (C=O) groups excluding carboxylic acids is 1. The van der Waals surface area contributed by atoms with Gasteiger partial charge >= 0.3 is 5.97 Å². The van der Waals surface area contributed by atoms with Gasteiger partial charge in [-0.15, -0.1) is 11.3 Å². The molecule has 0 saturated heterocycles. The van der Waals surface area contributed by atoms with Crippen LogP contribution in [0.25, 0.3) is 6.08 Å². The van der Waals surface area contributed by atoms with E-state index in [1.165, 1.54) is 23.5 Å². The fraction of sp³-hybridized carbons (Fsp3) is 0.278. The molecule has 1 aliphatic heterocycles. The predicted molar refractivity (Wildman–Crippen MR) is 99.8 cm³/mol. The minimum Gasteiger partial charge on any atom is -0.497 e. The summed E-state index contributed by atoms with van der Waals surface area (Å²) < 4.78 is 37.3. The molecule has 1 aliphatic rings. The Morgan fingerprint density at radius 1 is 1.19 bits per heavy atom. The molecule has 2 aromatic rings. The lowest BCUT2D eigenvalue weighted by molar-refractivity contribution is -0.142. The van der Waals surface area contributed by atoms with Crippen LogP contribution in [0.2, 0.25) is 0 Å². The van der Waals surface area contributed by atoms with E-state index in [4.69, 9.17) is 9.47 Å². The summed E-state index contributed by atoms with van der Waals surface area (Å²) in [4.78, 5) is 13.2. The number of rotatable bonds is 3. The van der Waals surface area contributed by atoms with Crippen molar-refractivity contribution in [3.05, 3.63) is 52.2 Å². The molecule has 0 aliphatic carbocycles. The van der Waals surface area contributed by atoms with Gasteiger partial charge in [0.05, 0.1) is 12.0 Å². The van der Waals surface area contributed by atoms with Crippen molar-refractivity contribution in [2.45, 2.75) is 11.3 Å². The number of benzene rings is 1. The topological polar surface area (TPSA) is 72.9 Å². The Kier molecular flexibility index (Phi) is 5.75. The number of nitrogens with zero attached hydrogens (tertiary/aromatic N) is 1. The molecule has 0 unspecified atom stereocenters. The van der Waals surface area contributed by atoms with Crippen LogP contribution >= 0.6 is 11.3 Å². The Morgan fingerprint density at radius 3 is 2.69 bits per heavy atom. The zero-order chi connectivity index (χ0) is 18.6. The molecule has 26 heavy (non-hydrogen) atoms. The number of esters is 1. The summed E-state index contributed by atoms with van der Waals surface area (Å²) in [6.45, 7) is -0.00172. The Hall–Kier alpha value is -2.16. The Bertz CT molecular complexity index is 900. The first-order valence-corrected chi connectivity index (χ1v) is 10.4. The van der Waals surface area contributed by atoms with Crippen LogP contribution in [0.15, 0.2) is 46.7 Å². The SMILES string of the molecule is COc1ccc(S(=O)(=O)N2CCc3sccc3/C=C\COC(=O)C2)cc1. The minimum atomic E-state index is -3.82. The molecule has 0 amide bonds. The molecule has 138 valence electrons. The van der Waals surface area contributed by atoms with E-state index in [1.54, 1.807) is 29.5 Å². The highest BCUT2D eigenvalue weighted by atomic mass is 32.2. The molecule has 0 N–H and O–H groups in total. The first kappa shape index (κ1) is 18.6. The normalized spacial score (nSPS) is 17.7. The standard InChI is InChI=1S/C18H19NO5S2/c1-23-15-4-6-16(7-5-15)26(21,22)19-10-8-17-14(9-12-25-17)3-2-11-24-18(20)13-19/h2-7,9,12H,8,10-11,13H2,1H3/b3-2-. The van der Waals surface area contributed by atoms with Gasteiger partial charge in [0.15, 0.2) is 0 Å². The van der Waals surface area contributed by atoms with Crippen LogP contribution < -0.4 is 4.74 Å². The van der Waals surface area contributed by atoms with Gasteiger partial charge in [-0.25, -0.2) is 8.42 Å². The van der Waals surface area contributed by atoms with Crippen molar-refractivity contribution < 1.29 is 22.7 Å². The number of ether oxygens (including phenoxy) is 2. The van der Waals surface area contributed by atoms with E-state index in [0.29, 0.717) is 12.2 Å². The lowest BCUT2D eigenvalue weighted by Crippen LogP contribution is -2.37. The lowest BCUT2D eigenvalue weighted by atomic mass is 10.2. The van der Waals surface area contributed by atoms with Crippen LogP contribution in [0, 0.1) is 0 Å². The average molecular weight is 393 g/mol. The maximum Gasteiger partial charge on any atom is 0.321 e. The van der Waals surface area contributed by atoms with Gasteiger partial charge in [0.2, 0.25) is 10.0 Å². The summed E-state index contributed by atoms with van der Waals surface area (Å²) in [7, 11) is -2.31. The van der Waals surface area contributed by atoms with Gasteiger partial charge in [-0.05, 0) is 53.8 Å². The van der Waals surface area contributed by atoms with Crippen molar-refractivity contribution in [3.63, 3.8) is 0 Å². The van der Waals surface area contributed by atoms with E-state index in [9.17, 15) is 13.2 Å². The molecule has 3 rings (SSSR count). The lowest BCUT2D eigenvalue weighted by Gasteiger charge is -2.21. The fourth-order valence-corrected chi connectivity index (χ4v) is 4.86. The number of methoxy groups -OCH3 is 1. The molecule has 0 radical (unpaired) electrons. The second-order valence-corrected chi connectivity index (χ2v) is 8.59. The number of fused-ring (bicyclic) bond motifs is 1. The molecule has 0 atom stereocenters. The van der Waals surface area contributed by atoms with Gasteiger partial charge in [0.1, 0.15) is 18.9 Å². The maximum atomic E-state index is 13.0. The number of thiophene rings is 1. The van der Waals surface area contributed by atoms with E-state index in [1.807, 2.05) is 17.5 Å². The highest BCUT2D eigenvalue weighted by molar-refractivity contribution is 7.89. The third-order valence-corrected chi connectivity index (χ3v) is 6.86. The summed E-state index contributed by atoms with van der Waals surface area (Å²) in [5, 5.41) is 1.97. The van der Waals surface area contributed by atoms with Crippen LogP contribution in [-0.2, 0) is 26.0 Å². The second-order valence-electron chi connectivity index (χ2n) is 5.65. The van der Waals surface area contributed by atoms with Crippen molar-refractivity contribution in [2.75, 3.05) is 26.8 Å². The average Bonchev–Trinajstić information content (AvgIpc) is 3.08. The molecule has 1 aromatic heterocycles. The highest BCUT2D eigenvalue weighted by Crippen LogP contribution is 2.23. The molecule has 2 heterocycles. The largest absolute Gasteiger partial charge is 0.497 e. The van der Waals surface area contributed by atoms with E-state index in [2.05, 4.69) is 0 Å². The molecule has 1 aromatic carbocycles. The van der Waals surface area contributed by atoms with Crippen molar-refractivity contribution in [1.82, 2.24) is 4.31 Å². The Labute approximate surface area is 156 Å². The number of hydrogen-bond acceptors (Lipinski definition) is 6. The minimum absolute atomic E-state index is 0.116. The molecule has 6 nitrogen and oxygen atoms in total. The first-order valence-electron chi connectivity index (χ1n) is 8.03. The first-order chi connectivity index (χ1) is 12.5. The smallest absolute Gasteiger partial charge is 0.321 e. The third kappa shape index (κ3) is 4.14. The van der Waals surface area contributed by atoms with Gasteiger partial charge in [-0.2, -0.15) is 4.31 Å². The van der Waals surface area contributed by atoms with E-state index >= 15 is 0 Å². The molecule has 0 spiro atoms. The summed E-state index contributed by atoms with van der Waals surface area (Å²) in [6, 6.07) is 8.08. The zero-order valence-corrected chi connectivity index (χ0v) is 15.9. The Balaban J connectivity index is 1.89. The third-order valence-electron chi connectivity index (χ3n) is 4.01. The molecule has 0 saturated carbocycles. The number of cyclic esters (lactones) is 1. The monoisotopic (exact) mass is 393 g/mol. The van der Waals surface area contributed by atoms with Crippen molar-refractivity contribution >= 4 is 33.4 Å². The summed E-state index contributed by atoms with van der Waals surface area (Å²) in [5.74, 6) is -0.00732. The van der Waals surface area contributed by atoms with E-state index < -0.39 is 16.0 Å². The molecule has 0 bridgehead atoms. The molecular formula is C18H19NO5S2. The maximum absolute atomic E-state index is 13.0. The number of hydrogen-bond donors (Lipinski definition) is 0. The van der Waals surface area contributed by atoms with Crippen molar-refractivity contribution in [2.24, 2.45) is 0 Å². The van der Waals surface area contributed by atoms with Gasteiger partial charge < -0.3 is 9.47 Å². The van der Waals surface area contributed by atoms with Gasteiger partial charge in [-0.3, -0.25) is 4.79 Å². The van der Waals surface area contributed by atoms with Crippen molar-refractivity contribution in [3.8, 4) is 5.75 Å². The highest BCUT2D eigenvalue weighted by Gasteiger charge is 2.27. The van der Waals surface area contributed by atoms with E-state index in [-0.39, 0.29) is 24.6 Å². The zero-order valence-electron chi connectivity index (χ0n) is 14.3. The van der Waals surface area contributed by atoms with E-state index in [0.717, 1.165) is 10.4 Å². The van der Waals surface area contributed by atoms with Gasteiger partial charge in [-0.1, -0.05) is 6.08 Å². The molecule has 8 heteroatoms. The summed E-state index contributed by atoms with van der Waals surface area (Å²) in [5.41, 5.74) is 1.02. The Morgan fingerprint density at radius 2 is 1.96 bits per heavy atom. The fourth-order valence-electron chi connectivity index (χ4n) is 2.62. The van der Waals surface area contributed by atoms with Crippen LogP contribution in [0.5, 0.6) is 5.75 Å². The molecular weight excluding hydrogens is 374 g/mol. The summed E-state index contributed by atoms with van der Waals surface area (Å²) >= 11 is 1.57. The second kappa shape index (κ2) is 8.03. The van der Waals surface area contributed by atoms with Gasteiger partial charge in [0.25, 0.3) is 0 Å². The van der Waals surface area contributed by atoms with Gasteiger partial charge in [0, 0.05) is 11.4 Å². The predicted octanol–water partition coefficient (Wildman–Crippen LogP) is 2.56. The van der Waals surface area contributed by atoms with Crippen LogP contribution in [0.1, 0.15) is 10.4 Å². The van der Waals surface area contributed by atoms with Crippen molar-refractivity contribution in [1.29, 1.82) is 0 Å².